The van der Waals surface area contributed by atoms with Gasteiger partial charge in [-0.1, -0.05) is 31.0 Å². The Morgan fingerprint density at radius 2 is 1.90 bits per heavy atom. The fourth-order valence-electron chi connectivity index (χ4n) is 3.94. The van der Waals surface area contributed by atoms with Crippen LogP contribution < -0.4 is 11.3 Å². The van der Waals surface area contributed by atoms with Crippen LogP contribution in [-0.2, 0) is 9.53 Å². The number of allylic oxidation sites excluding steroid dienone is 2. The summed E-state index contributed by atoms with van der Waals surface area (Å²) in [6, 6.07) is -0.00585. The Morgan fingerprint density at radius 1 is 1.29 bits per heavy atom. The minimum absolute atomic E-state index is 0.00585. The van der Waals surface area contributed by atoms with E-state index in [0.717, 1.165) is 36.4 Å². The summed E-state index contributed by atoms with van der Waals surface area (Å²) in [6.07, 6.45) is 3.86. The highest BCUT2D eigenvalue weighted by Gasteiger charge is 2.40. The van der Waals surface area contributed by atoms with E-state index in [4.69, 9.17) is 27.2 Å². The molecule has 0 spiro atoms. The molecule has 1 aliphatic carbocycles. The summed E-state index contributed by atoms with van der Waals surface area (Å²) < 4.78 is 5.48. The van der Waals surface area contributed by atoms with Gasteiger partial charge in [-0.2, -0.15) is 0 Å². The van der Waals surface area contributed by atoms with Crippen LogP contribution in [0.2, 0.25) is 0 Å². The maximum atomic E-state index is 12.3. The molecule has 0 radical (unpaired) electrons. The van der Waals surface area contributed by atoms with Gasteiger partial charge in [0, 0.05) is 24.0 Å². The lowest BCUT2D eigenvalue weighted by atomic mass is 9.93. The van der Waals surface area contributed by atoms with Crippen LogP contribution in [0.5, 0.6) is 0 Å². The van der Waals surface area contributed by atoms with Gasteiger partial charge in [0.15, 0.2) is 0 Å². The Morgan fingerprint density at radius 3 is 2.45 bits per heavy atom. The van der Waals surface area contributed by atoms with E-state index in [-0.39, 0.29) is 30.5 Å². The first-order chi connectivity index (χ1) is 14.6. The monoisotopic (exact) mass is 453 g/mol. The van der Waals surface area contributed by atoms with Crippen molar-refractivity contribution < 1.29 is 14.3 Å². The predicted octanol–water partition coefficient (Wildman–Crippen LogP) is 3.53. The van der Waals surface area contributed by atoms with Crippen LogP contribution in [0.4, 0.5) is 4.79 Å². The smallest absolute Gasteiger partial charge is 0.410 e. The molecule has 8 nitrogen and oxygen atoms in total. The first-order valence-electron chi connectivity index (χ1n) is 11.0. The molecular formula is C22H36ClN5O3. The molecule has 3 rings (SSSR count). The zero-order chi connectivity index (χ0) is 23.3. The van der Waals surface area contributed by atoms with Crippen molar-refractivity contribution in [3.05, 3.63) is 22.4 Å². The molecule has 1 saturated heterocycles. The zero-order valence-corrected chi connectivity index (χ0v) is 20.3. The second kappa shape index (κ2) is 10.5. The number of rotatable bonds is 3. The summed E-state index contributed by atoms with van der Waals surface area (Å²) in [5.74, 6) is 6.10. The summed E-state index contributed by atoms with van der Waals surface area (Å²) in [4.78, 5) is 33.0. The number of carbonyl (C=O) groups is 2. The van der Waals surface area contributed by atoms with Crippen LogP contribution in [-0.4, -0.2) is 58.9 Å². The normalized spacial score (nSPS) is 21.6. The molecule has 2 heterocycles. The Hall–Kier alpha value is -2.06. The van der Waals surface area contributed by atoms with Crippen molar-refractivity contribution in [2.45, 2.75) is 72.4 Å². The number of fused-ring (bicyclic) bond motifs is 1. The highest BCUT2D eigenvalue weighted by molar-refractivity contribution is 6.31. The summed E-state index contributed by atoms with van der Waals surface area (Å²) in [5, 5.41) is 0.712. The van der Waals surface area contributed by atoms with Crippen molar-refractivity contribution in [2.24, 2.45) is 16.8 Å². The molecule has 0 aromatic carbocycles. The molecule has 1 fully saturated rings. The third-order valence-electron chi connectivity index (χ3n) is 5.42. The summed E-state index contributed by atoms with van der Waals surface area (Å²) in [6.45, 7) is 12.9. The average Bonchev–Trinajstić information content (AvgIpc) is 3.05. The van der Waals surface area contributed by atoms with Crippen molar-refractivity contribution in [3.63, 3.8) is 0 Å². The van der Waals surface area contributed by atoms with Gasteiger partial charge in [0.25, 0.3) is 5.91 Å². The minimum atomic E-state index is -0.512. The van der Waals surface area contributed by atoms with Crippen molar-refractivity contribution in [3.8, 4) is 0 Å². The molecule has 3 N–H and O–H groups in total. The number of piperidine rings is 1. The topological polar surface area (TPSA) is 100 Å². The summed E-state index contributed by atoms with van der Waals surface area (Å²) in [5.41, 5.74) is 3.66. The number of hydrazine groups is 1. The molecule has 2 amide bonds. The number of ether oxygens (including phenoxy) is 1. The second-order valence-corrected chi connectivity index (χ2v) is 9.23. The van der Waals surface area contributed by atoms with Crippen molar-refractivity contribution >= 4 is 29.4 Å². The van der Waals surface area contributed by atoms with Gasteiger partial charge in [-0.25, -0.2) is 15.6 Å². The van der Waals surface area contributed by atoms with Crippen LogP contribution in [0.15, 0.2) is 27.4 Å². The lowest BCUT2D eigenvalue weighted by molar-refractivity contribution is -0.121. The molecule has 0 saturated carbocycles. The highest BCUT2D eigenvalue weighted by Crippen LogP contribution is 2.37. The third kappa shape index (κ3) is 6.23. The Labute approximate surface area is 190 Å². The van der Waals surface area contributed by atoms with E-state index in [1.807, 2.05) is 52.5 Å². The molecule has 2 aliphatic heterocycles. The van der Waals surface area contributed by atoms with E-state index in [1.165, 1.54) is 0 Å². The predicted molar refractivity (Wildman–Crippen MR) is 123 cm³/mol. The van der Waals surface area contributed by atoms with Gasteiger partial charge in [0.2, 0.25) is 0 Å². The number of hydrogen-bond acceptors (Lipinski definition) is 6. The highest BCUT2D eigenvalue weighted by atomic mass is 35.5. The summed E-state index contributed by atoms with van der Waals surface area (Å²) >= 11 is 6.31. The lowest BCUT2D eigenvalue weighted by Gasteiger charge is -2.37. The van der Waals surface area contributed by atoms with Gasteiger partial charge in [-0.15, -0.1) is 0 Å². The van der Waals surface area contributed by atoms with Gasteiger partial charge in [0.1, 0.15) is 11.4 Å². The number of likely N-dealkylation sites (tertiary alicyclic amines) is 1. The molecule has 1 atom stereocenters. The molecule has 0 aromatic rings. The number of hydrogen-bond donors (Lipinski definition) is 2. The fraction of sp³-hybridized carbons (Fsp3) is 0.682. The Bertz CT molecular complexity index is 777. The fourth-order valence-corrected chi connectivity index (χ4v) is 4.13. The van der Waals surface area contributed by atoms with Gasteiger partial charge < -0.3 is 14.5 Å². The second-order valence-electron chi connectivity index (χ2n) is 8.82. The van der Waals surface area contributed by atoms with Gasteiger partial charge in [-0.3, -0.25) is 10.2 Å². The number of carbonyl (C=O) groups excluding carboxylic acids is 2. The van der Waals surface area contributed by atoms with Crippen LogP contribution in [0.25, 0.3) is 0 Å². The number of nitrogens with two attached hydrogens (primary N) is 1. The SMILES string of the molecule is CC.CC1=C(Cl)C=C2N=C(C3CCN(C(=O)OC(C)(C)C)CC3)N(CC(=O)NN)C2C1. The quantitative estimate of drug-likeness (QED) is 0.386. The maximum absolute atomic E-state index is 12.3. The van der Waals surface area contributed by atoms with Crippen LogP contribution in [0.1, 0.15) is 60.8 Å². The van der Waals surface area contributed by atoms with Crippen LogP contribution in [0.3, 0.4) is 0 Å². The number of nitrogens with one attached hydrogen (secondary N) is 1. The first-order valence-corrected chi connectivity index (χ1v) is 11.4. The number of amidine groups is 1. The van der Waals surface area contributed by atoms with E-state index in [2.05, 4.69) is 5.43 Å². The number of nitrogens with zero attached hydrogens (tertiary/aromatic N) is 3. The Balaban J connectivity index is 0.00000166. The van der Waals surface area contributed by atoms with E-state index in [9.17, 15) is 9.59 Å². The molecule has 174 valence electrons. The molecule has 31 heavy (non-hydrogen) atoms. The third-order valence-corrected chi connectivity index (χ3v) is 5.86. The van der Waals surface area contributed by atoms with Crippen molar-refractivity contribution in [2.75, 3.05) is 19.6 Å². The number of amides is 2. The molecule has 0 aromatic heterocycles. The molecule has 9 heteroatoms. The van der Waals surface area contributed by atoms with Crippen LogP contribution in [0, 0.1) is 5.92 Å². The van der Waals surface area contributed by atoms with Crippen molar-refractivity contribution in [1.29, 1.82) is 0 Å². The summed E-state index contributed by atoms with van der Waals surface area (Å²) in [7, 11) is 0. The zero-order valence-electron chi connectivity index (χ0n) is 19.5. The molecule has 1 unspecified atom stereocenters. The largest absolute Gasteiger partial charge is 0.444 e. The van der Waals surface area contributed by atoms with Crippen LogP contribution >= 0.6 is 11.6 Å². The minimum Gasteiger partial charge on any atom is -0.444 e. The lowest BCUT2D eigenvalue weighted by Crippen LogP contribution is -2.49. The van der Waals surface area contributed by atoms with Gasteiger partial charge >= 0.3 is 6.09 Å². The average molecular weight is 454 g/mol. The Kier molecular flexibility index (Phi) is 8.54. The standard InChI is InChI=1S/C20H30ClN5O3.C2H6/c1-12-9-16-15(10-14(12)21)23-18(26(16)11-17(27)24-22)13-5-7-25(8-6-13)19(28)29-20(2,3)4;1-2/h10,13,16H,5-9,11,22H2,1-4H3,(H,24,27);1-2H3. The van der Waals surface area contributed by atoms with E-state index in [0.29, 0.717) is 18.1 Å². The van der Waals surface area contributed by atoms with E-state index < -0.39 is 5.60 Å². The van der Waals surface area contributed by atoms with Gasteiger partial charge in [-0.05, 0) is 53.0 Å². The number of aliphatic imine (C=N–C) groups is 1. The number of halogens is 1. The first kappa shape index (κ1) is 25.2. The van der Waals surface area contributed by atoms with E-state index >= 15 is 0 Å². The maximum Gasteiger partial charge on any atom is 0.410 e. The molecular weight excluding hydrogens is 418 g/mol. The molecule has 3 aliphatic rings. The van der Waals surface area contributed by atoms with E-state index in [1.54, 1.807) is 4.90 Å². The van der Waals surface area contributed by atoms with Crippen molar-refractivity contribution in [1.82, 2.24) is 15.2 Å². The molecule has 0 bridgehead atoms. The van der Waals surface area contributed by atoms with Gasteiger partial charge in [0.05, 0.1) is 18.3 Å².